The normalized spacial score (nSPS) is 20.3. The van der Waals surface area contributed by atoms with Gasteiger partial charge in [-0.3, -0.25) is 14.3 Å². The number of carbonyl (C=O) groups excluding carboxylic acids is 2. The van der Waals surface area contributed by atoms with Gasteiger partial charge in [0, 0.05) is 48.6 Å². The van der Waals surface area contributed by atoms with Crippen LogP contribution in [0.4, 0.5) is 0 Å². The summed E-state index contributed by atoms with van der Waals surface area (Å²) in [5, 5.41) is 21.1. The van der Waals surface area contributed by atoms with Gasteiger partial charge >= 0.3 is 0 Å². The minimum Gasteiger partial charge on any atom is -0.494 e. The number of hydrogen-bond acceptors (Lipinski definition) is 6. The van der Waals surface area contributed by atoms with Crippen molar-refractivity contribution in [2.24, 2.45) is 5.92 Å². The summed E-state index contributed by atoms with van der Waals surface area (Å²) in [5.41, 5.74) is 2.93. The first-order valence-corrected chi connectivity index (χ1v) is 12.2. The van der Waals surface area contributed by atoms with Crippen molar-refractivity contribution in [3.05, 3.63) is 49.1 Å². The molecule has 10 nitrogen and oxygen atoms in total. The average molecular weight is 488 g/mol. The van der Waals surface area contributed by atoms with Crippen LogP contribution in [0.1, 0.15) is 43.7 Å². The van der Waals surface area contributed by atoms with Crippen molar-refractivity contribution in [2.75, 3.05) is 20.2 Å². The molecule has 0 unspecified atom stereocenters. The molecule has 2 atom stereocenters. The van der Waals surface area contributed by atoms with E-state index >= 15 is 0 Å². The van der Waals surface area contributed by atoms with Crippen molar-refractivity contribution >= 4 is 17.3 Å². The third kappa shape index (κ3) is 4.44. The number of fused-ring (bicyclic) bond motifs is 1. The number of carbonyl (C=O) groups is 2. The number of nitrogens with one attached hydrogen (secondary N) is 1. The van der Waals surface area contributed by atoms with Gasteiger partial charge in [-0.25, -0.2) is 4.52 Å². The topological polar surface area (TPSA) is 118 Å². The van der Waals surface area contributed by atoms with Gasteiger partial charge in [-0.2, -0.15) is 15.5 Å². The fourth-order valence-corrected chi connectivity index (χ4v) is 5.37. The van der Waals surface area contributed by atoms with Crippen molar-refractivity contribution < 1.29 is 14.3 Å². The molecule has 4 heterocycles. The van der Waals surface area contributed by atoms with Crippen molar-refractivity contribution in [2.45, 2.75) is 44.2 Å². The van der Waals surface area contributed by atoms with Gasteiger partial charge in [0.05, 0.1) is 25.5 Å². The Hall–Kier alpha value is -4.13. The Morgan fingerprint density at radius 2 is 1.97 bits per heavy atom. The lowest BCUT2D eigenvalue weighted by Crippen LogP contribution is -2.42. The third-order valence-corrected chi connectivity index (χ3v) is 7.32. The van der Waals surface area contributed by atoms with Crippen LogP contribution in [0.15, 0.2) is 43.5 Å². The minimum absolute atomic E-state index is 0.0262. The lowest BCUT2D eigenvalue weighted by atomic mass is 10.0. The van der Waals surface area contributed by atoms with Crippen LogP contribution in [0.2, 0.25) is 0 Å². The Kier molecular flexibility index (Phi) is 6.46. The molecule has 0 bridgehead atoms. The van der Waals surface area contributed by atoms with Crippen LogP contribution in [0, 0.1) is 17.2 Å². The van der Waals surface area contributed by atoms with Gasteiger partial charge in [0.1, 0.15) is 22.9 Å². The number of hydrogen-bond donors (Lipinski definition) is 1. The van der Waals surface area contributed by atoms with E-state index in [4.69, 9.17) is 4.74 Å². The Bertz CT molecular complexity index is 1340. The first-order valence-electron chi connectivity index (χ1n) is 12.2. The molecule has 186 valence electrons. The van der Waals surface area contributed by atoms with E-state index in [2.05, 4.69) is 28.2 Å². The lowest BCUT2D eigenvalue weighted by Gasteiger charge is -2.33. The summed E-state index contributed by atoms with van der Waals surface area (Å²) in [4.78, 5) is 26.6. The predicted octanol–water partition coefficient (Wildman–Crippen LogP) is 2.71. The maximum Gasteiger partial charge on any atom is 0.243 e. The molecule has 1 aliphatic carbocycles. The second-order valence-electron chi connectivity index (χ2n) is 9.45. The maximum absolute atomic E-state index is 13.1. The van der Waals surface area contributed by atoms with Gasteiger partial charge in [-0.05, 0) is 44.2 Å². The molecule has 10 heteroatoms. The number of likely N-dealkylation sites (tertiary alicyclic amines) is 1. The third-order valence-electron chi connectivity index (χ3n) is 7.32. The molecule has 3 aromatic rings. The van der Waals surface area contributed by atoms with E-state index in [9.17, 15) is 14.9 Å². The number of piperidine rings is 1. The number of nitriles is 1. The van der Waals surface area contributed by atoms with Crippen LogP contribution >= 0.6 is 0 Å². The molecule has 2 aliphatic rings. The number of pyridine rings is 1. The van der Waals surface area contributed by atoms with E-state index in [1.54, 1.807) is 11.6 Å². The highest BCUT2D eigenvalue weighted by Crippen LogP contribution is 2.32. The number of aromatic nitrogens is 4. The monoisotopic (exact) mass is 487 g/mol. The van der Waals surface area contributed by atoms with Gasteiger partial charge < -0.3 is 15.0 Å². The highest BCUT2D eigenvalue weighted by atomic mass is 16.5. The van der Waals surface area contributed by atoms with E-state index in [0.717, 1.165) is 36.8 Å². The summed E-state index contributed by atoms with van der Waals surface area (Å²) < 4.78 is 9.16. The van der Waals surface area contributed by atoms with E-state index in [-0.39, 0.29) is 29.8 Å². The van der Waals surface area contributed by atoms with Gasteiger partial charge in [0.15, 0.2) is 0 Å². The van der Waals surface area contributed by atoms with Gasteiger partial charge in [-0.1, -0.05) is 6.58 Å². The maximum atomic E-state index is 13.1. The summed E-state index contributed by atoms with van der Waals surface area (Å²) in [6.45, 7) is 4.89. The SMILES string of the molecule is C=CC(=O)N[C@H]1CC[C@@H](C(=O)N2CCC(n3cc(-c4cc(OC)c5c(C#N)cnn5c4)cn3)CC2)C1. The first-order chi connectivity index (χ1) is 17.5. The molecular weight excluding hydrogens is 458 g/mol. The standard InChI is InChI=1S/C26H29N7O3/c1-3-24(34)30-21-5-4-17(10-21)26(35)31-8-6-22(7-9-31)32-16-20(14-28-32)18-11-23(36-2)25-19(12-27)13-29-33(25)15-18/h3,11,13-17,21-22H,1,4-10H2,2H3,(H,30,34)/t17-,21+/m1/s1. The van der Waals surface area contributed by atoms with Crippen molar-refractivity contribution in [3.8, 4) is 22.9 Å². The molecule has 1 N–H and O–H groups in total. The van der Waals surface area contributed by atoms with Crippen LogP contribution in [-0.4, -0.2) is 62.3 Å². The van der Waals surface area contributed by atoms with Crippen LogP contribution in [0.3, 0.4) is 0 Å². The minimum atomic E-state index is -0.178. The molecule has 0 spiro atoms. The molecule has 3 aromatic heterocycles. The number of ether oxygens (including phenoxy) is 1. The molecule has 1 aliphatic heterocycles. The van der Waals surface area contributed by atoms with E-state index in [1.165, 1.54) is 12.3 Å². The van der Waals surface area contributed by atoms with E-state index in [0.29, 0.717) is 36.3 Å². The molecule has 1 saturated heterocycles. The Labute approximate surface area is 209 Å². The molecule has 36 heavy (non-hydrogen) atoms. The predicted molar refractivity (Wildman–Crippen MR) is 132 cm³/mol. The largest absolute Gasteiger partial charge is 0.494 e. The molecule has 0 aromatic carbocycles. The Morgan fingerprint density at radius 1 is 1.17 bits per heavy atom. The van der Waals surface area contributed by atoms with E-state index in [1.807, 2.05) is 34.2 Å². The van der Waals surface area contributed by atoms with Crippen LogP contribution in [-0.2, 0) is 9.59 Å². The van der Waals surface area contributed by atoms with Crippen LogP contribution < -0.4 is 10.1 Å². The number of rotatable bonds is 6. The summed E-state index contributed by atoms with van der Waals surface area (Å²) in [6.07, 6.45) is 12.5. The molecule has 2 fully saturated rings. The van der Waals surface area contributed by atoms with Crippen molar-refractivity contribution in [1.29, 1.82) is 5.26 Å². The van der Waals surface area contributed by atoms with Crippen molar-refractivity contribution in [3.63, 3.8) is 0 Å². The summed E-state index contributed by atoms with van der Waals surface area (Å²) in [6, 6.07) is 4.31. The second-order valence-corrected chi connectivity index (χ2v) is 9.45. The van der Waals surface area contributed by atoms with Crippen LogP contribution in [0.5, 0.6) is 5.75 Å². The first kappa shape index (κ1) is 23.6. The summed E-state index contributed by atoms with van der Waals surface area (Å²) >= 11 is 0. The Balaban J connectivity index is 1.22. The van der Waals surface area contributed by atoms with Gasteiger partial charge in [-0.15, -0.1) is 0 Å². The zero-order valence-electron chi connectivity index (χ0n) is 20.3. The lowest BCUT2D eigenvalue weighted by molar-refractivity contribution is -0.136. The summed E-state index contributed by atoms with van der Waals surface area (Å²) in [5.74, 6) is 0.574. The molecule has 1 saturated carbocycles. The zero-order chi connectivity index (χ0) is 25.2. The zero-order valence-corrected chi connectivity index (χ0v) is 20.3. The van der Waals surface area contributed by atoms with Gasteiger partial charge in [0.25, 0.3) is 0 Å². The number of amides is 2. The van der Waals surface area contributed by atoms with Gasteiger partial charge in [0.2, 0.25) is 11.8 Å². The molecule has 5 rings (SSSR count). The summed E-state index contributed by atoms with van der Waals surface area (Å²) in [7, 11) is 1.58. The Morgan fingerprint density at radius 3 is 2.69 bits per heavy atom. The highest BCUT2D eigenvalue weighted by Gasteiger charge is 2.34. The molecule has 2 amide bonds. The number of nitrogens with zero attached hydrogens (tertiary/aromatic N) is 6. The average Bonchev–Trinajstić information content (AvgIpc) is 3.67. The van der Waals surface area contributed by atoms with Crippen LogP contribution in [0.25, 0.3) is 16.6 Å². The van der Waals surface area contributed by atoms with Crippen molar-refractivity contribution in [1.82, 2.24) is 29.6 Å². The second kappa shape index (κ2) is 9.85. The quantitative estimate of drug-likeness (QED) is 0.534. The van der Waals surface area contributed by atoms with E-state index < -0.39 is 0 Å². The fraction of sp³-hybridized carbons (Fsp3) is 0.423. The highest BCUT2D eigenvalue weighted by molar-refractivity contribution is 5.87. The fourth-order valence-electron chi connectivity index (χ4n) is 5.37. The molecular formula is C26H29N7O3. The number of methoxy groups -OCH3 is 1. The smallest absolute Gasteiger partial charge is 0.243 e. The molecule has 0 radical (unpaired) electrons.